The molecule has 7 nitrogen and oxygen atoms in total. The highest BCUT2D eigenvalue weighted by Gasteiger charge is 2.25. The number of hydrogen-bond acceptors (Lipinski definition) is 4. The van der Waals surface area contributed by atoms with Crippen LogP contribution in [0.3, 0.4) is 0 Å². The summed E-state index contributed by atoms with van der Waals surface area (Å²) in [6.07, 6.45) is 5.13. The molecule has 28 heavy (non-hydrogen) atoms. The predicted molar refractivity (Wildman–Crippen MR) is 113 cm³/mol. The number of methoxy groups -OCH3 is 1. The van der Waals surface area contributed by atoms with Gasteiger partial charge >= 0.3 is 0 Å². The lowest BCUT2D eigenvalue weighted by Crippen LogP contribution is -2.48. The molecular formula is C20H32FN5O2. The van der Waals surface area contributed by atoms with Crippen molar-refractivity contribution in [1.29, 1.82) is 0 Å². The zero-order chi connectivity index (χ0) is 20.9. The van der Waals surface area contributed by atoms with E-state index >= 15 is 0 Å². The molecule has 1 aliphatic rings. The van der Waals surface area contributed by atoms with Crippen LogP contribution in [0.25, 0.3) is 0 Å². The molecule has 0 saturated carbocycles. The zero-order valence-electron chi connectivity index (χ0n) is 17.3. The Balaban J connectivity index is 2.76. The third kappa shape index (κ3) is 7.96. The van der Waals surface area contributed by atoms with Gasteiger partial charge in [-0.25, -0.2) is 4.39 Å². The van der Waals surface area contributed by atoms with Crippen molar-refractivity contribution in [2.75, 3.05) is 47.4 Å². The van der Waals surface area contributed by atoms with Gasteiger partial charge in [0.2, 0.25) is 5.96 Å². The van der Waals surface area contributed by atoms with Crippen LogP contribution in [-0.2, 0) is 9.47 Å². The smallest absolute Gasteiger partial charge is 0.224 e. The van der Waals surface area contributed by atoms with E-state index in [4.69, 9.17) is 9.47 Å². The molecule has 156 valence electrons. The Hall–Kier alpha value is -2.61. The van der Waals surface area contributed by atoms with E-state index in [2.05, 4.69) is 38.7 Å². The first-order valence-corrected chi connectivity index (χ1v) is 9.18. The molecule has 1 aliphatic heterocycles. The first-order chi connectivity index (χ1) is 13.5. The molecule has 0 aromatic rings. The van der Waals surface area contributed by atoms with Gasteiger partial charge in [-0.15, -0.1) is 0 Å². The highest BCUT2D eigenvalue weighted by molar-refractivity contribution is 6.01. The molecule has 1 heterocycles. The maximum absolute atomic E-state index is 12.8. The molecule has 0 radical (unpaired) electrons. The lowest BCUT2D eigenvalue weighted by Gasteiger charge is -2.34. The molecule has 2 N–H and O–H groups in total. The van der Waals surface area contributed by atoms with Gasteiger partial charge in [-0.2, -0.15) is 4.99 Å². The fraction of sp³-hybridized carbons (Fsp3) is 0.500. The number of halogens is 1. The van der Waals surface area contributed by atoms with Crippen molar-refractivity contribution in [2.24, 2.45) is 9.98 Å². The standard InChI is InChI=1S/C20H32FN5O2/c1-7-17(24-20(23-5)25-19(8-2)22-4)12-18(15(3)27-6)28-11-9-10-26-13-16(21)14-26/h7-8,12,16H,1-2,9-11,13-14H2,3-6H3,(H2,22,23,24,25)/b17-12+,18-15-. The van der Waals surface area contributed by atoms with E-state index in [1.807, 2.05) is 6.92 Å². The van der Waals surface area contributed by atoms with Gasteiger partial charge < -0.3 is 20.1 Å². The number of alkyl halides is 1. The molecule has 0 amide bonds. The van der Waals surface area contributed by atoms with Crippen LogP contribution in [0.2, 0.25) is 0 Å². The van der Waals surface area contributed by atoms with E-state index in [0.29, 0.717) is 48.7 Å². The Morgan fingerprint density at radius 3 is 2.54 bits per heavy atom. The fourth-order valence-electron chi connectivity index (χ4n) is 2.37. The first kappa shape index (κ1) is 23.4. The molecule has 1 fully saturated rings. The fourth-order valence-corrected chi connectivity index (χ4v) is 2.37. The van der Waals surface area contributed by atoms with Gasteiger partial charge in [0.25, 0.3) is 0 Å². The summed E-state index contributed by atoms with van der Waals surface area (Å²) >= 11 is 0. The number of likely N-dealkylation sites (tertiary alicyclic amines) is 1. The van der Waals surface area contributed by atoms with Gasteiger partial charge in [0.05, 0.1) is 13.7 Å². The molecule has 0 aliphatic carbocycles. The number of aliphatic imine (C=N–C) groups is 2. The van der Waals surface area contributed by atoms with Crippen LogP contribution in [0.1, 0.15) is 13.3 Å². The van der Waals surface area contributed by atoms with E-state index in [-0.39, 0.29) is 0 Å². The number of ether oxygens (including phenoxy) is 2. The highest BCUT2D eigenvalue weighted by atomic mass is 19.1. The van der Waals surface area contributed by atoms with Crippen LogP contribution >= 0.6 is 0 Å². The lowest BCUT2D eigenvalue weighted by molar-refractivity contribution is 0.0576. The van der Waals surface area contributed by atoms with Gasteiger partial charge in [0.1, 0.15) is 17.8 Å². The predicted octanol–water partition coefficient (Wildman–Crippen LogP) is 2.37. The lowest BCUT2D eigenvalue weighted by atomic mass is 10.2. The second-order valence-corrected chi connectivity index (χ2v) is 6.11. The summed E-state index contributed by atoms with van der Waals surface area (Å²) in [7, 11) is 4.97. The molecule has 8 heteroatoms. The van der Waals surface area contributed by atoms with Crippen molar-refractivity contribution in [2.45, 2.75) is 19.5 Å². The molecule has 0 bridgehead atoms. The number of hydrogen-bond donors (Lipinski definition) is 2. The van der Waals surface area contributed by atoms with Crippen LogP contribution in [0, 0.1) is 0 Å². The summed E-state index contributed by atoms with van der Waals surface area (Å²) in [5, 5.41) is 6.01. The molecule has 0 unspecified atom stereocenters. The molecule has 0 spiro atoms. The van der Waals surface area contributed by atoms with Crippen LogP contribution in [0.4, 0.5) is 4.39 Å². The van der Waals surface area contributed by atoms with Crippen LogP contribution in [0.5, 0.6) is 0 Å². The Morgan fingerprint density at radius 2 is 2.04 bits per heavy atom. The minimum Gasteiger partial charge on any atom is -0.498 e. The average molecular weight is 394 g/mol. The second kappa shape index (κ2) is 12.7. The normalized spacial score (nSPS) is 17.4. The van der Waals surface area contributed by atoms with Gasteiger partial charge in [-0.3, -0.25) is 9.89 Å². The molecule has 0 aromatic heterocycles. The van der Waals surface area contributed by atoms with E-state index in [1.165, 1.54) is 0 Å². The van der Waals surface area contributed by atoms with Crippen molar-refractivity contribution < 1.29 is 13.9 Å². The van der Waals surface area contributed by atoms with E-state index in [9.17, 15) is 4.39 Å². The molecule has 0 aromatic carbocycles. The maximum atomic E-state index is 12.8. The number of nitrogens with one attached hydrogen (secondary N) is 2. The minimum absolute atomic E-state index is 0.392. The Kier molecular flexibility index (Phi) is 10.6. The second-order valence-electron chi connectivity index (χ2n) is 6.11. The molecule has 0 atom stereocenters. The highest BCUT2D eigenvalue weighted by Crippen LogP contribution is 2.14. The third-order valence-electron chi connectivity index (χ3n) is 4.09. The zero-order valence-corrected chi connectivity index (χ0v) is 17.3. The number of amidine groups is 1. The van der Waals surface area contributed by atoms with Crippen molar-refractivity contribution in [3.05, 3.63) is 48.6 Å². The van der Waals surface area contributed by atoms with Crippen LogP contribution < -0.4 is 10.6 Å². The Labute approximate surface area is 167 Å². The van der Waals surface area contributed by atoms with Crippen LogP contribution in [-0.4, -0.2) is 70.3 Å². The van der Waals surface area contributed by atoms with Crippen molar-refractivity contribution in [1.82, 2.24) is 15.5 Å². The summed E-state index contributed by atoms with van der Waals surface area (Å²) < 4.78 is 24.0. The molecular weight excluding hydrogens is 361 g/mol. The topological polar surface area (TPSA) is 70.5 Å². The minimum atomic E-state index is -0.683. The summed E-state index contributed by atoms with van der Waals surface area (Å²) in [6, 6.07) is 0. The number of guanidine groups is 1. The number of nitrogens with zero attached hydrogens (tertiary/aromatic N) is 3. The number of rotatable bonds is 10. The Morgan fingerprint density at radius 1 is 1.32 bits per heavy atom. The van der Waals surface area contributed by atoms with E-state index in [1.54, 1.807) is 39.4 Å². The summed E-state index contributed by atoms with van der Waals surface area (Å²) in [5.74, 6) is 2.18. The van der Waals surface area contributed by atoms with Crippen LogP contribution in [0.15, 0.2) is 58.6 Å². The maximum Gasteiger partial charge on any atom is 0.224 e. The van der Waals surface area contributed by atoms with Crippen molar-refractivity contribution in [3.63, 3.8) is 0 Å². The third-order valence-corrected chi connectivity index (χ3v) is 4.09. The average Bonchev–Trinajstić information content (AvgIpc) is 2.69. The van der Waals surface area contributed by atoms with Crippen molar-refractivity contribution in [3.8, 4) is 0 Å². The molecule has 1 saturated heterocycles. The Bertz CT molecular complexity index is 649. The largest absolute Gasteiger partial charge is 0.498 e. The van der Waals surface area contributed by atoms with Gasteiger partial charge in [0, 0.05) is 45.5 Å². The monoisotopic (exact) mass is 393 g/mol. The van der Waals surface area contributed by atoms with Gasteiger partial charge in [-0.1, -0.05) is 13.2 Å². The SMILES string of the molecule is C=C/C(=C\C(OCCCN1CC(F)C1)=C(/C)OC)NC(=N/C)/N=C(\C=C)NC. The molecule has 1 rings (SSSR count). The van der Waals surface area contributed by atoms with Gasteiger partial charge in [0.15, 0.2) is 5.76 Å². The quantitative estimate of drug-likeness (QED) is 0.196. The first-order valence-electron chi connectivity index (χ1n) is 9.18. The number of likely N-dealkylation sites (N-methyl/N-ethyl adjacent to an activating group) is 1. The summed E-state index contributed by atoms with van der Waals surface area (Å²) in [6.45, 7) is 11.7. The van der Waals surface area contributed by atoms with Gasteiger partial charge in [-0.05, 0) is 25.5 Å². The van der Waals surface area contributed by atoms with Crippen molar-refractivity contribution >= 4 is 11.8 Å². The van der Waals surface area contributed by atoms with E-state index in [0.717, 1.165) is 13.0 Å². The summed E-state index contributed by atoms with van der Waals surface area (Å²) in [5.41, 5.74) is 0.651. The summed E-state index contributed by atoms with van der Waals surface area (Å²) in [4.78, 5) is 10.5. The van der Waals surface area contributed by atoms with E-state index < -0.39 is 6.17 Å². The number of allylic oxidation sites excluding steroid dienone is 3.